The summed E-state index contributed by atoms with van der Waals surface area (Å²) in [6.45, 7) is 7.25. The van der Waals surface area contributed by atoms with Gasteiger partial charge in [-0.1, -0.05) is 336 Å². The molecule has 3 unspecified atom stereocenters. The average molecular weight is 1370 g/mol. The second-order valence-electron chi connectivity index (χ2n) is 26.9. The van der Waals surface area contributed by atoms with Gasteiger partial charge in [-0.3, -0.25) is 37.3 Å². The van der Waals surface area contributed by atoms with Crippen LogP contribution in [-0.2, 0) is 65.4 Å². The standard InChI is InChI=1S/C74H144O17P2/c1-6-10-13-16-19-22-25-28-30-32-34-37-40-43-50-55-60-74(79)90-69(63-84-71(76)57-52-47-41-38-36-33-31-29-26-23-20-17-14-11-7-2)65-88-92(80,81)86-61-68(75)62-87-93(82,83)89-66-70(64-85-72(77)58-53-48-45-44-46-51-56-67(5)9-4)91-73(78)59-54-49-42-39-35-27-24-21-18-15-12-8-3/h67-70,75H,6-66H2,1-5H3,(H,80,81)(H,82,83)/t67?,68-,69-,70-/m1/s1. The molecule has 0 radical (unpaired) electrons. The van der Waals surface area contributed by atoms with Crippen LogP contribution >= 0.6 is 15.6 Å². The van der Waals surface area contributed by atoms with Crippen LogP contribution in [-0.4, -0.2) is 96.7 Å². The maximum absolute atomic E-state index is 13.1. The third-order valence-corrected chi connectivity index (χ3v) is 19.5. The van der Waals surface area contributed by atoms with Gasteiger partial charge in [0.1, 0.15) is 19.3 Å². The van der Waals surface area contributed by atoms with Crippen molar-refractivity contribution in [2.45, 2.75) is 406 Å². The minimum absolute atomic E-state index is 0.107. The fourth-order valence-corrected chi connectivity index (χ4v) is 12.9. The van der Waals surface area contributed by atoms with Crippen LogP contribution < -0.4 is 0 Å². The zero-order chi connectivity index (χ0) is 68.4. The van der Waals surface area contributed by atoms with E-state index in [0.717, 1.165) is 102 Å². The second kappa shape index (κ2) is 67.3. The van der Waals surface area contributed by atoms with Gasteiger partial charge in [-0.25, -0.2) is 9.13 Å². The number of rotatable bonds is 74. The zero-order valence-electron chi connectivity index (χ0n) is 60.4. The highest BCUT2D eigenvalue weighted by molar-refractivity contribution is 7.47. The Balaban J connectivity index is 5.25. The molecule has 19 heteroatoms. The fraction of sp³-hybridized carbons (Fsp3) is 0.946. The van der Waals surface area contributed by atoms with Crippen LogP contribution in [0.2, 0.25) is 0 Å². The molecule has 0 aliphatic rings. The van der Waals surface area contributed by atoms with Crippen molar-refractivity contribution in [2.75, 3.05) is 39.6 Å². The number of aliphatic hydroxyl groups excluding tert-OH is 1. The maximum atomic E-state index is 13.1. The predicted octanol–water partition coefficient (Wildman–Crippen LogP) is 21.7. The molecule has 93 heavy (non-hydrogen) atoms. The lowest BCUT2D eigenvalue weighted by Crippen LogP contribution is -2.30. The highest BCUT2D eigenvalue weighted by atomic mass is 31.2. The Bertz CT molecular complexity index is 1790. The summed E-state index contributed by atoms with van der Waals surface area (Å²) in [5, 5.41) is 10.6. The first-order valence-electron chi connectivity index (χ1n) is 38.7. The molecule has 0 bridgehead atoms. The average Bonchev–Trinajstić information content (AvgIpc) is 2.70. The molecule has 17 nitrogen and oxygen atoms in total. The quantitative estimate of drug-likeness (QED) is 0.0222. The highest BCUT2D eigenvalue weighted by Gasteiger charge is 2.30. The smallest absolute Gasteiger partial charge is 0.462 e. The van der Waals surface area contributed by atoms with Gasteiger partial charge in [-0.05, 0) is 31.6 Å². The topological polar surface area (TPSA) is 237 Å². The predicted molar refractivity (Wildman–Crippen MR) is 377 cm³/mol. The van der Waals surface area contributed by atoms with Gasteiger partial charge in [-0.15, -0.1) is 0 Å². The molecule has 3 N–H and O–H groups in total. The number of carbonyl (C=O) groups is 4. The Labute approximate surface area is 568 Å². The Kier molecular flexibility index (Phi) is 65.9. The molecule has 0 aliphatic carbocycles. The fourth-order valence-electron chi connectivity index (χ4n) is 11.3. The van der Waals surface area contributed by atoms with Gasteiger partial charge in [0.05, 0.1) is 26.4 Å². The Morgan fingerprint density at radius 1 is 0.301 bits per heavy atom. The van der Waals surface area contributed by atoms with Crippen molar-refractivity contribution < 1.29 is 80.2 Å². The van der Waals surface area contributed by atoms with E-state index >= 15 is 0 Å². The summed E-state index contributed by atoms with van der Waals surface area (Å²) in [5.74, 6) is -1.38. The third-order valence-electron chi connectivity index (χ3n) is 17.6. The van der Waals surface area contributed by atoms with Crippen LogP contribution in [0.5, 0.6) is 0 Å². The van der Waals surface area contributed by atoms with Crippen LogP contribution in [0.1, 0.15) is 388 Å². The van der Waals surface area contributed by atoms with Gasteiger partial charge in [0.25, 0.3) is 0 Å². The SMILES string of the molecule is CCCCCCCCCCCCCCCCCCC(=O)O[C@H](COC(=O)CCCCCCCCCCCCCCCCC)COP(=O)(O)OC[C@@H](O)COP(=O)(O)OC[C@@H](COC(=O)CCCCCCCCC(C)CC)OC(=O)CCCCCCCCCCCCCC. The lowest BCUT2D eigenvalue weighted by molar-refractivity contribution is -0.161. The van der Waals surface area contributed by atoms with Crippen LogP contribution in [0.3, 0.4) is 0 Å². The monoisotopic (exact) mass is 1370 g/mol. The van der Waals surface area contributed by atoms with E-state index < -0.39 is 97.5 Å². The van der Waals surface area contributed by atoms with Gasteiger partial charge in [0.15, 0.2) is 12.2 Å². The zero-order valence-corrected chi connectivity index (χ0v) is 62.2. The van der Waals surface area contributed by atoms with Crippen molar-refractivity contribution in [1.29, 1.82) is 0 Å². The van der Waals surface area contributed by atoms with E-state index in [0.29, 0.717) is 25.7 Å². The van der Waals surface area contributed by atoms with E-state index in [4.69, 9.17) is 37.0 Å². The van der Waals surface area contributed by atoms with Gasteiger partial charge >= 0.3 is 39.5 Å². The van der Waals surface area contributed by atoms with Crippen LogP contribution in [0.25, 0.3) is 0 Å². The molecule has 0 aromatic carbocycles. The van der Waals surface area contributed by atoms with Gasteiger partial charge in [0.2, 0.25) is 0 Å². The van der Waals surface area contributed by atoms with E-state index in [9.17, 15) is 43.2 Å². The lowest BCUT2D eigenvalue weighted by atomic mass is 10.00. The first kappa shape index (κ1) is 91.1. The molecule has 0 aromatic rings. The first-order chi connectivity index (χ1) is 45.1. The molecule has 0 heterocycles. The molecular weight excluding hydrogens is 1220 g/mol. The molecule has 0 saturated heterocycles. The largest absolute Gasteiger partial charge is 0.472 e. The maximum Gasteiger partial charge on any atom is 0.472 e. The van der Waals surface area contributed by atoms with Crippen molar-refractivity contribution in [3.8, 4) is 0 Å². The van der Waals surface area contributed by atoms with E-state index in [1.54, 1.807) is 0 Å². The second-order valence-corrected chi connectivity index (χ2v) is 29.8. The summed E-state index contributed by atoms with van der Waals surface area (Å²) in [6.07, 6.45) is 55.4. The minimum atomic E-state index is -4.95. The normalized spacial score (nSPS) is 14.3. The lowest BCUT2D eigenvalue weighted by Gasteiger charge is -2.21. The number of esters is 4. The number of carbonyl (C=O) groups excluding carboxylic acids is 4. The molecule has 0 aliphatic heterocycles. The van der Waals surface area contributed by atoms with Gasteiger partial charge in [-0.2, -0.15) is 0 Å². The minimum Gasteiger partial charge on any atom is -0.462 e. The van der Waals surface area contributed by atoms with Crippen LogP contribution in [0.4, 0.5) is 0 Å². The van der Waals surface area contributed by atoms with Gasteiger partial charge in [0, 0.05) is 25.7 Å². The number of phosphoric ester groups is 2. The Morgan fingerprint density at radius 2 is 0.516 bits per heavy atom. The van der Waals surface area contributed by atoms with Crippen LogP contribution in [0.15, 0.2) is 0 Å². The number of hydrogen-bond donors (Lipinski definition) is 3. The molecular formula is C74H144O17P2. The summed E-state index contributed by atoms with van der Waals surface area (Å²) in [6, 6.07) is 0. The number of unbranched alkanes of at least 4 members (excludes halogenated alkanes) is 45. The Hall–Kier alpha value is -1.94. The van der Waals surface area contributed by atoms with E-state index in [1.165, 1.54) is 205 Å². The summed E-state index contributed by atoms with van der Waals surface area (Å²) < 4.78 is 68.5. The molecule has 0 spiro atoms. The van der Waals surface area contributed by atoms with Crippen molar-refractivity contribution in [1.82, 2.24) is 0 Å². The third kappa shape index (κ3) is 67.0. The molecule has 0 saturated carbocycles. The van der Waals surface area contributed by atoms with E-state index in [-0.39, 0.29) is 25.7 Å². The molecule has 552 valence electrons. The van der Waals surface area contributed by atoms with Crippen molar-refractivity contribution in [3.05, 3.63) is 0 Å². The number of phosphoric acid groups is 2. The first-order valence-corrected chi connectivity index (χ1v) is 41.7. The summed E-state index contributed by atoms with van der Waals surface area (Å²) in [5.41, 5.74) is 0. The summed E-state index contributed by atoms with van der Waals surface area (Å²) >= 11 is 0. The molecule has 6 atom stereocenters. The summed E-state index contributed by atoms with van der Waals surface area (Å²) in [7, 11) is -9.91. The number of hydrogen-bond acceptors (Lipinski definition) is 15. The highest BCUT2D eigenvalue weighted by Crippen LogP contribution is 2.45. The molecule has 0 aromatic heterocycles. The van der Waals surface area contributed by atoms with Crippen LogP contribution in [0, 0.1) is 5.92 Å². The van der Waals surface area contributed by atoms with Crippen molar-refractivity contribution in [3.63, 3.8) is 0 Å². The summed E-state index contributed by atoms with van der Waals surface area (Å²) in [4.78, 5) is 72.7. The molecule has 0 fully saturated rings. The molecule has 0 amide bonds. The van der Waals surface area contributed by atoms with Gasteiger partial charge < -0.3 is 33.8 Å². The Morgan fingerprint density at radius 3 is 0.763 bits per heavy atom. The van der Waals surface area contributed by atoms with Crippen molar-refractivity contribution in [2.24, 2.45) is 5.92 Å². The van der Waals surface area contributed by atoms with Crippen molar-refractivity contribution >= 4 is 39.5 Å². The number of ether oxygens (including phenoxy) is 4. The van der Waals surface area contributed by atoms with E-state index in [1.807, 2.05) is 0 Å². The number of aliphatic hydroxyl groups is 1. The molecule has 0 rings (SSSR count). The van der Waals surface area contributed by atoms with E-state index in [2.05, 4.69) is 34.6 Å².